The van der Waals surface area contributed by atoms with Gasteiger partial charge in [0.2, 0.25) is 0 Å². The SMILES string of the molecule is C[C@@H]1C[C@@]2(C)C(=CC1=O)C[C@@H](C)[C@@H]1[C@@H]2CC[C@]2(C)C(=O)CC[C@@H]12. The van der Waals surface area contributed by atoms with Gasteiger partial charge >= 0.3 is 0 Å². The summed E-state index contributed by atoms with van der Waals surface area (Å²) >= 11 is 0. The van der Waals surface area contributed by atoms with E-state index in [4.69, 9.17) is 0 Å². The van der Waals surface area contributed by atoms with Crippen molar-refractivity contribution in [2.75, 3.05) is 0 Å². The third kappa shape index (κ3) is 1.93. The number of hydrogen-bond acceptors (Lipinski definition) is 2. The van der Waals surface area contributed by atoms with Crippen LogP contribution in [0.2, 0.25) is 0 Å². The van der Waals surface area contributed by atoms with E-state index in [0.717, 1.165) is 32.1 Å². The Hall–Kier alpha value is -0.920. The standard InChI is InChI=1S/C21H30O2/c1-12-9-14-10-17(22)13(2)11-21(14,4)16-7-8-20(3)15(19(12)16)5-6-18(20)23/h10,12-13,15-16,19H,5-9,11H2,1-4H3/t12-,13-,15+,16+,19+,20+,21+/m1/s1. The molecule has 3 fully saturated rings. The number of rotatable bonds is 0. The van der Waals surface area contributed by atoms with Crippen LogP contribution in [0.5, 0.6) is 0 Å². The molecule has 0 N–H and O–H groups in total. The highest BCUT2D eigenvalue weighted by Gasteiger charge is 2.60. The Balaban J connectivity index is 1.76. The van der Waals surface area contributed by atoms with Crippen molar-refractivity contribution in [2.45, 2.75) is 66.2 Å². The quantitative estimate of drug-likeness (QED) is 0.656. The summed E-state index contributed by atoms with van der Waals surface area (Å²) < 4.78 is 0. The van der Waals surface area contributed by atoms with Gasteiger partial charge in [-0.2, -0.15) is 0 Å². The van der Waals surface area contributed by atoms with Gasteiger partial charge in [-0.05, 0) is 67.3 Å². The highest BCUT2D eigenvalue weighted by Crippen LogP contribution is 2.66. The number of Topliss-reactive ketones (excluding diaryl/α,β-unsaturated/α-hetero) is 1. The predicted molar refractivity (Wildman–Crippen MR) is 90.8 cm³/mol. The van der Waals surface area contributed by atoms with Crippen molar-refractivity contribution < 1.29 is 9.59 Å². The molecule has 0 aromatic rings. The Morgan fingerprint density at radius 2 is 1.74 bits per heavy atom. The minimum atomic E-state index is -0.0525. The molecular weight excluding hydrogens is 284 g/mol. The Morgan fingerprint density at radius 1 is 1.04 bits per heavy atom. The zero-order valence-corrected chi connectivity index (χ0v) is 15.0. The molecule has 0 aromatic heterocycles. The van der Waals surface area contributed by atoms with E-state index in [2.05, 4.69) is 27.7 Å². The molecule has 0 radical (unpaired) electrons. The number of carbonyl (C=O) groups excluding carboxylic acids is 2. The van der Waals surface area contributed by atoms with Crippen molar-refractivity contribution >= 4 is 11.6 Å². The third-order valence-corrected chi connectivity index (χ3v) is 8.33. The number of hydrogen-bond donors (Lipinski definition) is 0. The predicted octanol–water partition coefficient (Wildman–Crippen LogP) is 4.58. The molecular formula is C21H30O2. The summed E-state index contributed by atoms with van der Waals surface area (Å²) in [6.07, 6.45) is 8.21. The molecule has 4 aliphatic carbocycles. The first-order chi connectivity index (χ1) is 10.8. The average Bonchev–Trinajstić information content (AvgIpc) is 2.78. The van der Waals surface area contributed by atoms with Crippen molar-refractivity contribution in [1.82, 2.24) is 0 Å². The maximum Gasteiger partial charge on any atom is 0.158 e. The van der Waals surface area contributed by atoms with Gasteiger partial charge in [-0.15, -0.1) is 0 Å². The molecule has 0 aliphatic heterocycles. The van der Waals surface area contributed by atoms with Crippen molar-refractivity contribution in [3.8, 4) is 0 Å². The van der Waals surface area contributed by atoms with Crippen LogP contribution in [0.25, 0.3) is 0 Å². The first-order valence-electron chi connectivity index (χ1n) is 9.55. The fraction of sp³-hybridized carbons (Fsp3) is 0.810. The first-order valence-corrected chi connectivity index (χ1v) is 9.55. The minimum absolute atomic E-state index is 0.0525. The summed E-state index contributed by atoms with van der Waals surface area (Å²) in [6, 6.07) is 0. The molecule has 0 bridgehead atoms. The smallest absolute Gasteiger partial charge is 0.158 e. The van der Waals surface area contributed by atoms with Crippen LogP contribution in [0.4, 0.5) is 0 Å². The summed E-state index contributed by atoms with van der Waals surface area (Å²) in [6.45, 7) is 9.14. The lowest BCUT2D eigenvalue weighted by molar-refractivity contribution is -0.135. The summed E-state index contributed by atoms with van der Waals surface area (Å²) in [5.41, 5.74) is 1.56. The molecule has 23 heavy (non-hydrogen) atoms. The summed E-state index contributed by atoms with van der Waals surface area (Å²) in [5.74, 6) is 3.54. The molecule has 3 saturated carbocycles. The normalized spacial score (nSPS) is 52.5. The van der Waals surface area contributed by atoms with Gasteiger partial charge in [-0.25, -0.2) is 0 Å². The van der Waals surface area contributed by atoms with Crippen LogP contribution in [0.1, 0.15) is 66.2 Å². The zero-order chi connectivity index (χ0) is 16.6. The molecule has 0 amide bonds. The maximum absolute atomic E-state index is 12.5. The van der Waals surface area contributed by atoms with Crippen LogP contribution in [0, 0.1) is 40.4 Å². The van der Waals surface area contributed by atoms with Gasteiger partial charge in [-0.3, -0.25) is 9.59 Å². The lowest BCUT2D eigenvalue weighted by Crippen LogP contribution is -2.54. The second kappa shape index (κ2) is 4.80. The van der Waals surface area contributed by atoms with Crippen molar-refractivity contribution in [1.29, 1.82) is 0 Å². The Kier molecular flexibility index (Phi) is 3.26. The molecule has 4 aliphatic rings. The van der Waals surface area contributed by atoms with Crippen LogP contribution in [0.3, 0.4) is 0 Å². The lowest BCUT2D eigenvalue weighted by atomic mass is 9.44. The number of carbonyl (C=O) groups is 2. The van der Waals surface area contributed by atoms with E-state index >= 15 is 0 Å². The monoisotopic (exact) mass is 314 g/mol. The van der Waals surface area contributed by atoms with Gasteiger partial charge in [-0.1, -0.05) is 33.3 Å². The van der Waals surface area contributed by atoms with Crippen molar-refractivity contribution in [3.63, 3.8) is 0 Å². The van der Waals surface area contributed by atoms with Crippen LogP contribution in [0.15, 0.2) is 11.6 Å². The molecule has 2 nitrogen and oxygen atoms in total. The van der Waals surface area contributed by atoms with Gasteiger partial charge in [0.1, 0.15) is 5.78 Å². The van der Waals surface area contributed by atoms with Gasteiger partial charge in [0.05, 0.1) is 0 Å². The molecule has 7 atom stereocenters. The molecule has 0 unspecified atom stereocenters. The van der Waals surface area contributed by atoms with Gasteiger partial charge in [0, 0.05) is 17.8 Å². The zero-order valence-electron chi connectivity index (χ0n) is 15.0. The van der Waals surface area contributed by atoms with E-state index < -0.39 is 0 Å². The van der Waals surface area contributed by atoms with E-state index in [1.807, 2.05) is 6.08 Å². The summed E-state index contributed by atoms with van der Waals surface area (Å²) in [5, 5.41) is 0. The summed E-state index contributed by atoms with van der Waals surface area (Å²) in [7, 11) is 0. The molecule has 0 aromatic carbocycles. The average molecular weight is 314 g/mol. The maximum atomic E-state index is 12.5. The van der Waals surface area contributed by atoms with Crippen LogP contribution >= 0.6 is 0 Å². The Morgan fingerprint density at radius 3 is 2.48 bits per heavy atom. The molecule has 0 spiro atoms. The van der Waals surface area contributed by atoms with Gasteiger partial charge in [0.25, 0.3) is 0 Å². The second-order valence-corrected chi connectivity index (χ2v) is 9.48. The number of ketones is 2. The Labute approximate surface area is 140 Å². The third-order valence-electron chi connectivity index (χ3n) is 8.33. The fourth-order valence-electron chi connectivity index (χ4n) is 7.02. The van der Waals surface area contributed by atoms with Crippen LogP contribution < -0.4 is 0 Å². The molecule has 4 rings (SSSR count). The fourth-order valence-corrected chi connectivity index (χ4v) is 7.02. The van der Waals surface area contributed by atoms with E-state index in [9.17, 15) is 9.59 Å². The van der Waals surface area contributed by atoms with Gasteiger partial charge < -0.3 is 0 Å². The molecule has 0 heterocycles. The highest BCUT2D eigenvalue weighted by atomic mass is 16.1. The second-order valence-electron chi connectivity index (χ2n) is 9.48. The number of fused-ring (bicyclic) bond motifs is 5. The van der Waals surface area contributed by atoms with E-state index in [0.29, 0.717) is 35.2 Å². The van der Waals surface area contributed by atoms with Crippen molar-refractivity contribution in [2.24, 2.45) is 40.4 Å². The van der Waals surface area contributed by atoms with Crippen molar-refractivity contribution in [3.05, 3.63) is 11.6 Å². The van der Waals surface area contributed by atoms with Gasteiger partial charge in [0.15, 0.2) is 5.78 Å². The number of allylic oxidation sites excluding steroid dienone is 1. The molecule has 2 heteroatoms. The minimum Gasteiger partial charge on any atom is -0.299 e. The van der Waals surface area contributed by atoms with E-state index in [1.54, 1.807) is 0 Å². The molecule has 0 saturated heterocycles. The lowest BCUT2D eigenvalue weighted by Gasteiger charge is -2.59. The van der Waals surface area contributed by atoms with Crippen LogP contribution in [-0.4, -0.2) is 11.6 Å². The largest absolute Gasteiger partial charge is 0.299 e. The topological polar surface area (TPSA) is 34.1 Å². The van der Waals surface area contributed by atoms with Crippen LogP contribution in [-0.2, 0) is 9.59 Å². The highest BCUT2D eigenvalue weighted by molar-refractivity contribution is 5.93. The summed E-state index contributed by atoms with van der Waals surface area (Å²) in [4.78, 5) is 24.7. The van der Waals surface area contributed by atoms with E-state index in [1.165, 1.54) is 12.0 Å². The van der Waals surface area contributed by atoms with E-state index in [-0.39, 0.29) is 16.7 Å². The Bertz CT molecular complexity index is 603. The first kappa shape index (κ1) is 15.6. The molecule has 126 valence electrons.